The minimum atomic E-state index is -0.866. The third kappa shape index (κ3) is 4.43. The van der Waals surface area contributed by atoms with Crippen molar-refractivity contribution >= 4 is 9.03 Å². The highest BCUT2D eigenvalue weighted by atomic mass is 31.1. The number of hydrogen-bond donors (Lipinski definition) is 3. The smallest absolute Gasteiger partial charge is 0.152 e. The van der Waals surface area contributed by atoms with Gasteiger partial charge in [0, 0.05) is 0 Å². The van der Waals surface area contributed by atoms with Crippen LogP contribution in [0.1, 0.15) is 0 Å². The van der Waals surface area contributed by atoms with E-state index < -0.39 is 15.1 Å². The lowest BCUT2D eigenvalue weighted by Crippen LogP contribution is -2.16. The van der Waals surface area contributed by atoms with Gasteiger partial charge in [-0.05, 0) is 0 Å². The molecular formula is C3H9O4P. The highest BCUT2D eigenvalue weighted by molar-refractivity contribution is 7.24. The third-order valence-electron chi connectivity index (χ3n) is 0.551. The number of rotatable bonds is 4. The molecule has 2 unspecified atom stereocenters. The summed E-state index contributed by atoms with van der Waals surface area (Å²) in [5.41, 5.74) is 0. The molecule has 0 spiro atoms. The van der Waals surface area contributed by atoms with E-state index in [0.29, 0.717) is 0 Å². The molecule has 0 bridgehead atoms. The Morgan fingerprint density at radius 3 is 2.62 bits per heavy atom. The normalized spacial score (nSPS) is 15.4. The van der Waals surface area contributed by atoms with Gasteiger partial charge in [0.25, 0.3) is 0 Å². The number of hydrogen-bond acceptors (Lipinski definition) is 4. The maximum absolute atomic E-state index is 8.51. The molecule has 50 valence electrons. The van der Waals surface area contributed by atoms with Crippen molar-refractivity contribution in [1.29, 1.82) is 0 Å². The predicted molar refractivity (Wildman–Crippen MR) is 29.6 cm³/mol. The number of aliphatic hydroxyl groups is 2. The van der Waals surface area contributed by atoms with Gasteiger partial charge >= 0.3 is 0 Å². The molecule has 8 heavy (non-hydrogen) atoms. The van der Waals surface area contributed by atoms with Crippen LogP contribution in [0.5, 0.6) is 0 Å². The second kappa shape index (κ2) is 5.41. The molecule has 0 aromatic rings. The standard InChI is InChI=1S/C3H9O4P/c4-1-3(5)2-7-8-6/h3-6,8H,1-2H2. The van der Waals surface area contributed by atoms with Gasteiger partial charge in [0.2, 0.25) is 0 Å². The SMILES string of the molecule is OCC(O)COPO. The summed E-state index contributed by atoms with van der Waals surface area (Å²) in [6.07, 6.45) is -0.866. The Hall–Kier alpha value is 0.270. The highest BCUT2D eigenvalue weighted by Gasteiger charge is 1.98. The van der Waals surface area contributed by atoms with E-state index in [4.69, 9.17) is 15.1 Å². The molecule has 0 aromatic carbocycles. The quantitative estimate of drug-likeness (QED) is 0.431. The Bertz CT molecular complexity index is 50.5. The zero-order chi connectivity index (χ0) is 6.41. The molecule has 3 N–H and O–H groups in total. The summed E-state index contributed by atoms with van der Waals surface area (Å²) in [6, 6.07) is 0. The van der Waals surface area contributed by atoms with Gasteiger partial charge in [-0.1, -0.05) is 0 Å². The lowest BCUT2D eigenvalue weighted by molar-refractivity contribution is 0.0560. The van der Waals surface area contributed by atoms with Gasteiger partial charge in [-0.2, -0.15) is 0 Å². The Morgan fingerprint density at radius 2 is 2.25 bits per heavy atom. The van der Waals surface area contributed by atoms with Crippen LogP contribution in [0.4, 0.5) is 0 Å². The van der Waals surface area contributed by atoms with E-state index in [1.165, 1.54) is 0 Å². The molecule has 0 radical (unpaired) electrons. The number of aliphatic hydroxyl groups excluding tert-OH is 2. The van der Waals surface area contributed by atoms with E-state index in [-0.39, 0.29) is 13.2 Å². The molecule has 4 nitrogen and oxygen atoms in total. The second-order valence-electron chi connectivity index (χ2n) is 1.24. The van der Waals surface area contributed by atoms with Crippen molar-refractivity contribution in [2.75, 3.05) is 13.2 Å². The molecular weight excluding hydrogens is 131 g/mol. The fourth-order valence-electron chi connectivity index (χ4n) is 0.186. The van der Waals surface area contributed by atoms with Crippen LogP contribution < -0.4 is 0 Å². The lowest BCUT2D eigenvalue weighted by Gasteiger charge is -2.03. The van der Waals surface area contributed by atoms with Gasteiger partial charge < -0.3 is 19.6 Å². The molecule has 0 aliphatic heterocycles. The first kappa shape index (κ1) is 8.27. The van der Waals surface area contributed by atoms with Crippen molar-refractivity contribution in [3.05, 3.63) is 0 Å². The Morgan fingerprint density at radius 1 is 1.62 bits per heavy atom. The van der Waals surface area contributed by atoms with Crippen molar-refractivity contribution in [2.45, 2.75) is 6.10 Å². The average molecular weight is 140 g/mol. The van der Waals surface area contributed by atoms with Crippen LogP contribution in [-0.4, -0.2) is 34.4 Å². The van der Waals surface area contributed by atoms with Crippen LogP contribution in [0.2, 0.25) is 0 Å². The summed E-state index contributed by atoms with van der Waals surface area (Å²) < 4.78 is 4.36. The van der Waals surface area contributed by atoms with Gasteiger partial charge in [-0.15, -0.1) is 0 Å². The molecule has 0 saturated heterocycles. The average Bonchev–Trinajstić information content (AvgIpc) is 1.83. The molecule has 0 aliphatic rings. The van der Waals surface area contributed by atoms with Crippen LogP contribution in [0.15, 0.2) is 0 Å². The van der Waals surface area contributed by atoms with Crippen molar-refractivity contribution in [3.63, 3.8) is 0 Å². The molecule has 0 fully saturated rings. The molecule has 0 heterocycles. The van der Waals surface area contributed by atoms with Crippen molar-refractivity contribution in [3.8, 4) is 0 Å². The van der Waals surface area contributed by atoms with Gasteiger partial charge in [0.1, 0.15) is 6.10 Å². The first-order valence-electron chi connectivity index (χ1n) is 2.11. The van der Waals surface area contributed by atoms with Crippen molar-refractivity contribution in [1.82, 2.24) is 0 Å². The lowest BCUT2D eigenvalue weighted by atomic mass is 10.4. The maximum Gasteiger partial charge on any atom is 0.152 e. The largest absolute Gasteiger partial charge is 0.394 e. The summed E-state index contributed by atoms with van der Waals surface area (Å²) in [7, 11) is -0.618. The zero-order valence-electron chi connectivity index (χ0n) is 4.24. The van der Waals surface area contributed by atoms with Crippen LogP contribution >= 0.6 is 9.03 Å². The summed E-state index contributed by atoms with van der Waals surface area (Å²) in [6.45, 7) is -0.337. The molecule has 0 rings (SSSR count). The van der Waals surface area contributed by atoms with Gasteiger partial charge in [0.15, 0.2) is 9.03 Å². The fraction of sp³-hybridized carbons (Fsp3) is 1.00. The molecule has 0 saturated carbocycles. The monoisotopic (exact) mass is 140 g/mol. The van der Waals surface area contributed by atoms with Crippen molar-refractivity contribution < 1.29 is 19.6 Å². The summed E-state index contributed by atoms with van der Waals surface area (Å²) in [4.78, 5) is 8.02. The topological polar surface area (TPSA) is 69.9 Å². The zero-order valence-corrected chi connectivity index (χ0v) is 5.24. The van der Waals surface area contributed by atoms with E-state index in [0.717, 1.165) is 0 Å². The molecule has 5 heteroatoms. The first-order valence-corrected chi connectivity index (χ1v) is 2.96. The first-order chi connectivity index (χ1) is 3.81. The van der Waals surface area contributed by atoms with Crippen LogP contribution in [0.3, 0.4) is 0 Å². The minimum absolute atomic E-state index is 0.00849. The van der Waals surface area contributed by atoms with E-state index in [1.54, 1.807) is 0 Å². The molecule has 0 amide bonds. The van der Waals surface area contributed by atoms with E-state index in [9.17, 15) is 0 Å². The van der Waals surface area contributed by atoms with Crippen molar-refractivity contribution in [2.24, 2.45) is 0 Å². The third-order valence-corrected chi connectivity index (χ3v) is 0.847. The van der Waals surface area contributed by atoms with Crippen LogP contribution in [0.25, 0.3) is 0 Å². The van der Waals surface area contributed by atoms with Crippen LogP contribution in [0, 0.1) is 0 Å². The molecule has 2 atom stereocenters. The Labute approximate surface area is 49.1 Å². The fourth-order valence-corrected chi connectivity index (χ4v) is 0.453. The highest BCUT2D eigenvalue weighted by Crippen LogP contribution is 2.02. The molecule has 0 aromatic heterocycles. The van der Waals surface area contributed by atoms with Crippen LogP contribution in [-0.2, 0) is 4.52 Å². The Kier molecular flexibility index (Phi) is 5.59. The van der Waals surface area contributed by atoms with E-state index >= 15 is 0 Å². The second-order valence-corrected chi connectivity index (χ2v) is 1.71. The Balaban J connectivity index is 2.86. The summed E-state index contributed by atoms with van der Waals surface area (Å²) >= 11 is 0. The minimum Gasteiger partial charge on any atom is -0.394 e. The van der Waals surface area contributed by atoms with Gasteiger partial charge in [-0.3, -0.25) is 0 Å². The molecule has 0 aliphatic carbocycles. The van der Waals surface area contributed by atoms with E-state index in [1.807, 2.05) is 0 Å². The van der Waals surface area contributed by atoms with Gasteiger partial charge in [0.05, 0.1) is 13.2 Å². The predicted octanol–water partition coefficient (Wildman–Crippen LogP) is -1.14. The summed E-state index contributed by atoms with van der Waals surface area (Å²) in [5.74, 6) is 0. The maximum atomic E-state index is 8.51. The van der Waals surface area contributed by atoms with E-state index in [2.05, 4.69) is 4.52 Å². The van der Waals surface area contributed by atoms with Gasteiger partial charge in [-0.25, -0.2) is 0 Å². The summed E-state index contributed by atoms with van der Waals surface area (Å²) in [5, 5.41) is 16.7.